The quantitative estimate of drug-likeness (QED) is 0.838. The van der Waals surface area contributed by atoms with Crippen molar-refractivity contribution < 1.29 is 18.0 Å². The number of alkyl halides is 3. The van der Waals surface area contributed by atoms with Crippen molar-refractivity contribution in [2.45, 2.75) is 33.0 Å². The molecule has 5 nitrogen and oxygen atoms in total. The van der Waals surface area contributed by atoms with E-state index in [9.17, 15) is 18.0 Å². The number of benzene rings is 1. The third-order valence-corrected chi connectivity index (χ3v) is 5.29. The van der Waals surface area contributed by atoms with Crippen molar-refractivity contribution >= 4 is 17.4 Å². The average molecular weight is 406 g/mol. The molecule has 3 rings (SSSR count). The molecule has 1 atom stereocenters. The van der Waals surface area contributed by atoms with Crippen LogP contribution in [0.2, 0.25) is 0 Å². The lowest BCUT2D eigenvalue weighted by atomic mass is 10.1. The van der Waals surface area contributed by atoms with Crippen LogP contribution in [0.4, 0.5) is 24.7 Å². The summed E-state index contributed by atoms with van der Waals surface area (Å²) in [5.41, 5.74) is 2.15. The molecule has 0 unspecified atom stereocenters. The van der Waals surface area contributed by atoms with Crippen molar-refractivity contribution in [3.05, 3.63) is 53.2 Å². The first-order chi connectivity index (χ1) is 13.6. The highest BCUT2D eigenvalue weighted by Crippen LogP contribution is 2.29. The predicted molar refractivity (Wildman–Crippen MR) is 107 cm³/mol. The Morgan fingerprint density at radius 2 is 1.79 bits per heavy atom. The molecule has 0 bridgehead atoms. The van der Waals surface area contributed by atoms with Gasteiger partial charge in [0.05, 0.1) is 11.6 Å². The van der Waals surface area contributed by atoms with Crippen LogP contribution in [-0.4, -0.2) is 48.0 Å². The van der Waals surface area contributed by atoms with E-state index in [4.69, 9.17) is 0 Å². The Hall–Kier alpha value is -2.61. The number of aromatic nitrogens is 1. The molecule has 2 aromatic rings. The van der Waals surface area contributed by atoms with Crippen molar-refractivity contribution in [1.29, 1.82) is 0 Å². The van der Waals surface area contributed by atoms with Crippen molar-refractivity contribution in [3.63, 3.8) is 0 Å². The van der Waals surface area contributed by atoms with E-state index in [0.717, 1.165) is 29.1 Å². The molecule has 0 spiro atoms. The summed E-state index contributed by atoms with van der Waals surface area (Å²) in [4.78, 5) is 20.6. The summed E-state index contributed by atoms with van der Waals surface area (Å²) in [5.74, 6) is 0.449. The van der Waals surface area contributed by atoms with Gasteiger partial charge >= 0.3 is 6.18 Å². The fourth-order valence-electron chi connectivity index (χ4n) is 3.35. The number of hydrogen-bond donors (Lipinski definition) is 1. The summed E-state index contributed by atoms with van der Waals surface area (Å²) in [7, 11) is 0. The first-order valence-electron chi connectivity index (χ1n) is 9.55. The molecule has 2 heterocycles. The minimum Gasteiger partial charge on any atom is -0.354 e. The SMILES string of the molecule is Cc1ccc(C)c(NC(=O)[C@@H](C)N2CCN(c3ccc(C(F)(F)F)cn3)CC2)c1. The molecule has 1 aromatic heterocycles. The second kappa shape index (κ2) is 8.41. The number of halogens is 3. The van der Waals surface area contributed by atoms with Crippen LogP contribution in [0.15, 0.2) is 36.5 Å². The fraction of sp³-hybridized carbons (Fsp3) is 0.429. The van der Waals surface area contributed by atoms with Gasteiger partial charge in [-0.3, -0.25) is 9.69 Å². The van der Waals surface area contributed by atoms with Gasteiger partial charge < -0.3 is 10.2 Å². The van der Waals surface area contributed by atoms with Gasteiger partial charge in [-0.2, -0.15) is 13.2 Å². The first kappa shape index (κ1) is 21.1. The summed E-state index contributed by atoms with van der Waals surface area (Å²) in [6.07, 6.45) is -3.52. The van der Waals surface area contributed by atoms with Crippen molar-refractivity contribution in [1.82, 2.24) is 9.88 Å². The normalized spacial score (nSPS) is 16.6. The molecule has 1 amide bonds. The number of nitrogens with zero attached hydrogens (tertiary/aromatic N) is 3. The highest BCUT2D eigenvalue weighted by atomic mass is 19.4. The van der Waals surface area contributed by atoms with Gasteiger partial charge in [-0.15, -0.1) is 0 Å². The van der Waals surface area contributed by atoms with Gasteiger partial charge in [0.2, 0.25) is 5.91 Å². The maximum atomic E-state index is 12.7. The van der Waals surface area contributed by atoms with E-state index in [2.05, 4.69) is 15.2 Å². The van der Waals surface area contributed by atoms with Crippen LogP contribution in [0, 0.1) is 13.8 Å². The number of amides is 1. The molecule has 1 aliphatic rings. The molecule has 1 aromatic carbocycles. The largest absolute Gasteiger partial charge is 0.417 e. The summed E-state index contributed by atoms with van der Waals surface area (Å²) < 4.78 is 38.0. The van der Waals surface area contributed by atoms with E-state index < -0.39 is 11.7 Å². The summed E-state index contributed by atoms with van der Waals surface area (Å²) in [5, 5.41) is 3.00. The number of carbonyl (C=O) groups excluding carboxylic acids is 1. The Balaban J connectivity index is 1.57. The lowest BCUT2D eigenvalue weighted by Gasteiger charge is -2.38. The predicted octanol–water partition coefficient (Wildman–Crippen LogP) is 3.87. The number of piperazine rings is 1. The van der Waals surface area contributed by atoms with Crippen molar-refractivity contribution in [2.24, 2.45) is 0 Å². The zero-order valence-electron chi connectivity index (χ0n) is 16.8. The second-order valence-electron chi connectivity index (χ2n) is 7.41. The minimum absolute atomic E-state index is 0.0696. The summed E-state index contributed by atoms with van der Waals surface area (Å²) >= 11 is 0. The number of carbonyl (C=O) groups is 1. The molecule has 8 heteroatoms. The number of pyridine rings is 1. The Bertz CT molecular complexity index is 859. The maximum Gasteiger partial charge on any atom is 0.417 e. The van der Waals surface area contributed by atoms with Crippen molar-refractivity contribution in [2.75, 3.05) is 36.4 Å². The first-order valence-corrected chi connectivity index (χ1v) is 9.55. The Morgan fingerprint density at radius 1 is 1.10 bits per heavy atom. The third-order valence-electron chi connectivity index (χ3n) is 5.29. The van der Waals surface area contributed by atoms with Crippen LogP contribution < -0.4 is 10.2 Å². The van der Waals surface area contributed by atoms with Crippen LogP contribution in [-0.2, 0) is 11.0 Å². The minimum atomic E-state index is -4.39. The lowest BCUT2D eigenvalue weighted by Crippen LogP contribution is -2.53. The van der Waals surface area contributed by atoms with E-state index in [0.29, 0.717) is 32.0 Å². The van der Waals surface area contributed by atoms with E-state index in [1.54, 1.807) is 0 Å². The van der Waals surface area contributed by atoms with Crippen LogP contribution in [0.1, 0.15) is 23.6 Å². The Labute approximate surface area is 168 Å². The Morgan fingerprint density at radius 3 is 2.38 bits per heavy atom. The van der Waals surface area contributed by atoms with E-state index in [-0.39, 0.29) is 11.9 Å². The number of nitrogens with one attached hydrogen (secondary N) is 1. The number of aryl methyl sites for hydroxylation is 2. The topological polar surface area (TPSA) is 48.5 Å². The van der Waals surface area contributed by atoms with Gasteiger partial charge in [-0.1, -0.05) is 12.1 Å². The molecular weight excluding hydrogens is 381 g/mol. The van der Waals surface area contributed by atoms with Gasteiger partial charge in [0.25, 0.3) is 0 Å². The van der Waals surface area contributed by atoms with Gasteiger partial charge in [-0.25, -0.2) is 4.98 Å². The molecule has 1 fully saturated rings. The van der Waals surface area contributed by atoms with Crippen LogP contribution in [0.3, 0.4) is 0 Å². The van der Waals surface area contributed by atoms with Gasteiger partial charge in [-0.05, 0) is 50.1 Å². The van der Waals surface area contributed by atoms with Gasteiger partial charge in [0.15, 0.2) is 0 Å². The van der Waals surface area contributed by atoms with Gasteiger partial charge in [0.1, 0.15) is 5.82 Å². The van der Waals surface area contributed by atoms with Crippen molar-refractivity contribution in [3.8, 4) is 0 Å². The zero-order valence-corrected chi connectivity index (χ0v) is 16.8. The summed E-state index contributed by atoms with van der Waals surface area (Å²) in [6, 6.07) is 8.07. The molecular formula is C21H25F3N4O. The molecule has 0 aliphatic carbocycles. The summed E-state index contributed by atoms with van der Waals surface area (Å²) in [6.45, 7) is 8.25. The molecule has 29 heavy (non-hydrogen) atoms. The molecule has 1 saturated heterocycles. The van der Waals surface area contributed by atoms with E-state index in [1.807, 2.05) is 43.9 Å². The molecule has 1 N–H and O–H groups in total. The number of rotatable bonds is 4. The van der Waals surface area contributed by atoms with E-state index >= 15 is 0 Å². The number of hydrogen-bond acceptors (Lipinski definition) is 4. The average Bonchev–Trinajstić information content (AvgIpc) is 2.69. The van der Waals surface area contributed by atoms with Gasteiger partial charge in [0, 0.05) is 38.1 Å². The third kappa shape index (κ3) is 5.06. The Kier molecular flexibility index (Phi) is 6.12. The standard InChI is InChI=1S/C21H25F3N4O/c1-14-4-5-15(2)18(12-14)26-20(29)16(3)27-8-10-28(11-9-27)19-7-6-17(13-25-19)21(22,23)24/h4-7,12-13,16H,8-11H2,1-3H3,(H,26,29)/t16-/m1/s1. The second-order valence-corrected chi connectivity index (χ2v) is 7.41. The highest BCUT2D eigenvalue weighted by Gasteiger charge is 2.31. The maximum absolute atomic E-state index is 12.7. The van der Waals surface area contributed by atoms with Crippen LogP contribution in [0.5, 0.6) is 0 Å². The van der Waals surface area contributed by atoms with Crippen LogP contribution >= 0.6 is 0 Å². The number of anilines is 2. The van der Waals surface area contributed by atoms with Crippen LogP contribution in [0.25, 0.3) is 0 Å². The molecule has 0 radical (unpaired) electrons. The zero-order chi connectivity index (χ0) is 21.2. The highest BCUT2D eigenvalue weighted by molar-refractivity contribution is 5.95. The molecule has 1 aliphatic heterocycles. The molecule has 156 valence electrons. The fourth-order valence-corrected chi connectivity index (χ4v) is 3.35. The van der Waals surface area contributed by atoms with E-state index in [1.165, 1.54) is 6.07 Å². The monoisotopic (exact) mass is 406 g/mol. The smallest absolute Gasteiger partial charge is 0.354 e. The molecule has 0 saturated carbocycles. The lowest BCUT2D eigenvalue weighted by molar-refractivity contribution is -0.137.